The van der Waals surface area contributed by atoms with E-state index in [1.54, 1.807) is 0 Å². The highest BCUT2D eigenvalue weighted by Gasteiger charge is 2.39. The third-order valence-corrected chi connectivity index (χ3v) is 4.29. The summed E-state index contributed by atoms with van der Waals surface area (Å²) >= 11 is 0. The van der Waals surface area contributed by atoms with Crippen LogP contribution in [0.2, 0.25) is 0 Å². The van der Waals surface area contributed by atoms with Crippen LogP contribution in [-0.4, -0.2) is 18.0 Å². The normalized spacial score (nSPS) is 21.7. The minimum atomic E-state index is 0.569. The molecule has 1 heteroatoms. The molecule has 1 heterocycles. The number of likely N-dealkylation sites (tertiary alicyclic amines) is 1. The monoisotopic (exact) mass is 195 g/mol. The Kier molecular flexibility index (Phi) is 3.63. The van der Waals surface area contributed by atoms with Crippen LogP contribution >= 0.6 is 0 Å². The molecular formula is C13H25N. The number of hydrogen-bond donors (Lipinski definition) is 0. The maximum absolute atomic E-state index is 3.85. The maximum Gasteiger partial charge on any atom is 0.0177 e. The number of nitrogens with zero attached hydrogens (tertiary/aromatic N) is 1. The Morgan fingerprint density at radius 2 is 1.50 bits per heavy atom. The Morgan fingerprint density at radius 1 is 1.07 bits per heavy atom. The van der Waals surface area contributed by atoms with Crippen molar-refractivity contribution >= 4 is 0 Å². The molecule has 14 heavy (non-hydrogen) atoms. The molecule has 0 aromatic carbocycles. The Labute approximate surface area is 89.2 Å². The fourth-order valence-corrected chi connectivity index (χ4v) is 2.94. The molecule has 1 aliphatic heterocycles. The van der Waals surface area contributed by atoms with Crippen molar-refractivity contribution in [3.05, 3.63) is 12.8 Å². The van der Waals surface area contributed by atoms with E-state index < -0.39 is 0 Å². The van der Waals surface area contributed by atoms with Gasteiger partial charge in [0.2, 0.25) is 0 Å². The first-order chi connectivity index (χ1) is 6.53. The van der Waals surface area contributed by atoms with Gasteiger partial charge in [-0.1, -0.05) is 34.3 Å². The van der Waals surface area contributed by atoms with Crippen molar-refractivity contribution in [1.29, 1.82) is 0 Å². The zero-order valence-corrected chi connectivity index (χ0v) is 10.2. The molecule has 0 spiro atoms. The van der Waals surface area contributed by atoms with E-state index in [4.69, 9.17) is 0 Å². The van der Waals surface area contributed by atoms with Gasteiger partial charge in [-0.25, -0.2) is 0 Å². The Balaban J connectivity index is 2.69. The van der Waals surface area contributed by atoms with Gasteiger partial charge in [0.25, 0.3) is 0 Å². The molecule has 0 bridgehead atoms. The Morgan fingerprint density at radius 3 is 1.79 bits per heavy atom. The van der Waals surface area contributed by atoms with E-state index in [2.05, 4.69) is 39.2 Å². The van der Waals surface area contributed by atoms with Gasteiger partial charge in [0, 0.05) is 13.1 Å². The van der Waals surface area contributed by atoms with Gasteiger partial charge in [-0.05, 0) is 36.3 Å². The van der Waals surface area contributed by atoms with Crippen molar-refractivity contribution in [2.45, 2.75) is 40.5 Å². The molecule has 0 unspecified atom stereocenters. The van der Waals surface area contributed by atoms with E-state index in [1.807, 2.05) is 6.20 Å². The van der Waals surface area contributed by atoms with Gasteiger partial charge in [0.15, 0.2) is 0 Å². The van der Waals surface area contributed by atoms with Crippen molar-refractivity contribution in [2.75, 3.05) is 13.1 Å². The van der Waals surface area contributed by atoms with Gasteiger partial charge < -0.3 is 4.90 Å². The van der Waals surface area contributed by atoms with Gasteiger partial charge in [-0.2, -0.15) is 0 Å². The summed E-state index contributed by atoms with van der Waals surface area (Å²) in [4.78, 5) is 2.35. The predicted molar refractivity (Wildman–Crippen MR) is 63.1 cm³/mol. The van der Waals surface area contributed by atoms with Gasteiger partial charge in [0.05, 0.1) is 0 Å². The summed E-state index contributed by atoms with van der Waals surface area (Å²) in [5, 5.41) is 0. The van der Waals surface area contributed by atoms with Crippen molar-refractivity contribution in [3.8, 4) is 0 Å². The van der Waals surface area contributed by atoms with Crippen LogP contribution in [0.15, 0.2) is 12.8 Å². The summed E-state index contributed by atoms with van der Waals surface area (Å²) in [5.41, 5.74) is 0.569. The van der Waals surface area contributed by atoms with Crippen LogP contribution in [0, 0.1) is 17.3 Å². The van der Waals surface area contributed by atoms with Gasteiger partial charge >= 0.3 is 0 Å². The standard InChI is InChI=1S/C13H25N/c1-6-14-9-7-13(8-10-14,11(2)3)12(4)5/h6,11-12H,1,7-10H2,2-5H3. The molecule has 0 radical (unpaired) electrons. The smallest absolute Gasteiger partial charge is 0.0177 e. The predicted octanol–water partition coefficient (Wildman–Crippen LogP) is 3.52. The third kappa shape index (κ3) is 1.97. The topological polar surface area (TPSA) is 3.24 Å². The highest BCUT2D eigenvalue weighted by atomic mass is 15.1. The molecule has 0 aromatic heterocycles. The molecule has 0 atom stereocenters. The summed E-state index contributed by atoms with van der Waals surface area (Å²) in [6, 6.07) is 0. The van der Waals surface area contributed by atoms with Crippen LogP contribution in [0.1, 0.15) is 40.5 Å². The lowest BCUT2D eigenvalue weighted by Gasteiger charge is -2.47. The molecule has 0 aliphatic carbocycles. The third-order valence-electron chi connectivity index (χ3n) is 4.29. The molecule has 1 fully saturated rings. The van der Waals surface area contributed by atoms with E-state index in [9.17, 15) is 0 Å². The molecular weight excluding hydrogens is 170 g/mol. The average molecular weight is 195 g/mol. The van der Waals surface area contributed by atoms with Crippen LogP contribution in [0.3, 0.4) is 0 Å². The Hall–Kier alpha value is -0.460. The number of hydrogen-bond acceptors (Lipinski definition) is 1. The summed E-state index contributed by atoms with van der Waals surface area (Å²) in [6.07, 6.45) is 4.65. The van der Waals surface area contributed by atoms with Gasteiger partial charge in [-0.3, -0.25) is 0 Å². The van der Waals surface area contributed by atoms with Crippen molar-refractivity contribution in [2.24, 2.45) is 17.3 Å². The highest BCUT2D eigenvalue weighted by Crippen LogP contribution is 2.44. The number of rotatable bonds is 3. The summed E-state index contributed by atoms with van der Waals surface area (Å²) in [6.45, 7) is 15.8. The quantitative estimate of drug-likeness (QED) is 0.666. The molecule has 0 N–H and O–H groups in total. The van der Waals surface area contributed by atoms with E-state index in [-0.39, 0.29) is 0 Å². The second-order valence-electron chi connectivity index (χ2n) is 5.26. The fourth-order valence-electron chi connectivity index (χ4n) is 2.94. The van der Waals surface area contributed by atoms with Gasteiger partial charge in [0.1, 0.15) is 0 Å². The van der Waals surface area contributed by atoms with Crippen LogP contribution in [0.25, 0.3) is 0 Å². The molecule has 0 amide bonds. The fraction of sp³-hybridized carbons (Fsp3) is 0.846. The van der Waals surface area contributed by atoms with Crippen molar-refractivity contribution in [3.63, 3.8) is 0 Å². The minimum Gasteiger partial charge on any atom is -0.378 e. The second kappa shape index (κ2) is 4.37. The zero-order chi connectivity index (χ0) is 10.8. The summed E-state index contributed by atoms with van der Waals surface area (Å²) in [5.74, 6) is 1.60. The van der Waals surface area contributed by atoms with E-state index in [1.165, 1.54) is 25.9 Å². The largest absolute Gasteiger partial charge is 0.378 e. The molecule has 0 aromatic rings. The van der Waals surface area contributed by atoms with Crippen LogP contribution in [0.4, 0.5) is 0 Å². The summed E-state index contributed by atoms with van der Waals surface area (Å²) in [7, 11) is 0. The lowest BCUT2D eigenvalue weighted by Crippen LogP contribution is -2.43. The minimum absolute atomic E-state index is 0.569. The average Bonchev–Trinajstić information content (AvgIpc) is 2.17. The van der Waals surface area contributed by atoms with E-state index >= 15 is 0 Å². The zero-order valence-electron chi connectivity index (χ0n) is 10.2. The van der Waals surface area contributed by atoms with Crippen LogP contribution < -0.4 is 0 Å². The van der Waals surface area contributed by atoms with E-state index in [0.717, 1.165) is 11.8 Å². The second-order valence-corrected chi connectivity index (χ2v) is 5.26. The van der Waals surface area contributed by atoms with Crippen LogP contribution in [0.5, 0.6) is 0 Å². The van der Waals surface area contributed by atoms with Crippen LogP contribution in [-0.2, 0) is 0 Å². The first-order valence-corrected chi connectivity index (χ1v) is 5.89. The molecule has 1 aliphatic rings. The van der Waals surface area contributed by atoms with Crippen molar-refractivity contribution < 1.29 is 0 Å². The van der Waals surface area contributed by atoms with Crippen molar-refractivity contribution in [1.82, 2.24) is 4.90 Å². The molecule has 1 nitrogen and oxygen atoms in total. The molecule has 1 saturated heterocycles. The first-order valence-electron chi connectivity index (χ1n) is 5.89. The van der Waals surface area contributed by atoms with Gasteiger partial charge in [-0.15, -0.1) is 0 Å². The van der Waals surface area contributed by atoms with E-state index in [0.29, 0.717) is 5.41 Å². The SMILES string of the molecule is C=CN1CCC(C(C)C)(C(C)C)CC1. The Bertz CT molecular complexity index is 175. The lowest BCUT2D eigenvalue weighted by atomic mass is 9.63. The maximum atomic E-state index is 3.85. The molecule has 82 valence electrons. The summed E-state index contributed by atoms with van der Waals surface area (Å²) < 4.78 is 0. The first kappa shape index (κ1) is 11.6. The number of piperidine rings is 1. The highest BCUT2D eigenvalue weighted by molar-refractivity contribution is 4.92. The molecule has 0 saturated carbocycles. The lowest BCUT2D eigenvalue weighted by molar-refractivity contribution is 0.0346. The molecule has 1 rings (SSSR count).